The average Bonchev–Trinajstić information content (AvgIpc) is 3.10. The molecule has 2 aromatic carbocycles. The first-order chi connectivity index (χ1) is 14.5. The summed E-state index contributed by atoms with van der Waals surface area (Å²) in [5, 5.41) is 3.02. The van der Waals surface area contributed by atoms with Crippen LogP contribution in [0.4, 0.5) is 5.69 Å². The molecule has 0 bridgehead atoms. The Morgan fingerprint density at radius 3 is 2.37 bits per heavy atom. The highest BCUT2D eigenvalue weighted by atomic mass is 16.2. The summed E-state index contributed by atoms with van der Waals surface area (Å²) in [6, 6.07) is 16.8. The van der Waals surface area contributed by atoms with Gasteiger partial charge in [-0.25, -0.2) is 0 Å². The van der Waals surface area contributed by atoms with Crippen LogP contribution in [0.1, 0.15) is 36.0 Å². The summed E-state index contributed by atoms with van der Waals surface area (Å²) in [6.07, 6.45) is 2.27. The lowest BCUT2D eigenvalue weighted by Crippen LogP contribution is -2.45. The average molecular weight is 406 g/mol. The molecule has 2 aromatic rings. The lowest BCUT2D eigenvalue weighted by atomic mass is 10.0. The zero-order chi connectivity index (χ0) is 21.1. The minimum Gasteiger partial charge on any atom is -0.339 e. The molecule has 4 rings (SSSR count). The number of carbonyl (C=O) groups excluding carboxylic acids is 2. The molecule has 30 heavy (non-hydrogen) atoms. The van der Waals surface area contributed by atoms with Crippen LogP contribution < -0.4 is 5.32 Å². The van der Waals surface area contributed by atoms with Crippen molar-refractivity contribution in [1.82, 2.24) is 9.80 Å². The third-order valence-electron chi connectivity index (χ3n) is 6.27. The fraction of sp³-hybridized carbons (Fsp3) is 0.440. The Kier molecular flexibility index (Phi) is 6.18. The summed E-state index contributed by atoms with van der Waals surface area (Å²) in [7, 11) is 0. The van der Waals surface area contributed by atoms with Crippen molar-refractivity contribution in [3.63, 3.8) is 0 Å². The standard InChI is InChI=1S/C25H31N3O2/c1-18-12-19(2)14-22(13-18)26-25(30)21-15-24(29)28(17-21)23-8-10-27(11-9-23)16-20-6-4-3-5-7-20/h3-7,12-14,21,23H,8-11,15-17H2,1-2H3,(H,26,30). The molecule has 2 heterocycles. The van der Waals surface area contributed by atoms with Crippen LogP contribution in [-0.4, -0.2) is 47.3 Å². The fourth-order valence-electron chi connectivity index (χ4n) is 4.78. The Bertz CT molecular complexity index is 884. The minimum absolute atomic E-state index is 0.0441. The molecular weight excluding hydrogens is 374 g/mol. The van der Waals surface area contributed by atoms with E-state index in [9.17, 15) is 9.59 Å². The quantitative estimate of drug-likeness (QED) is 0.824. The number of rotatable bonds is 5. The molecule has 2 aliphatic rings. The maximum absolute atomic E-state index is 12.8. The summed E-state index contributed by atoms with van der Waals surface area (Å²) in [6.45, 7) is 7.52. The van der Waals surface area contributed by atoms with Crippen LogP contribution in [0.15, 0.2) is 48.5 Å². The van der Waals surface area contributed by atoms with Crippen molar-refractivity contribution in [3.05, 3.63) is 65.2 Å². The summed E-state index contributed by atoms with van der Waals surface area (Å²) < 4.78 is 0. The first-order valence-corrected chi connectivity index (χ1v) is 10.9. The van der Waals surface area contributed by atoms with Crippen LogP contribution in [0.3, 0.4) is 0 Å². The maximum atomic E-state index is 12.8. The van der Waals surface area contributed by atoms with Gasteiger partial charge >= 0.3 is 0 Å². The Balaban J connectivity index is 1.30. The highest BCUT2D eigenvalue weighted by Crippen LogP contribution is 2.27. The van der Waals surface area contributed by atoms with Gasteiger partial charge in [0.15, 0.2) is 0 Å². The van der Waals surface area contributed by atoms with Crippen molar-refractivity contribution in [2.24, 2.45) is 5.92 Å². The van der Waals surface area contributed by atoms with Gasteiger partial charge in [0.25, 0.3) is 0 Å². The topological polar surface area (TPSA) is 52.7 Å². The van der Waals surface area contributed by atoms with Crippen molar-refractivity contribution >= 4 is 17.5 Å². The van der Waals surface area contributed by atoms with Crippen LogP contribution in [-0.2, 0) is 16.1 Å². The number of hydrogen-bond donors (Lipinski definition) is 1. The zero-order valence-electron chi connectivity index (χ0n) is 17.9. The summed E-state index contributed by atoms with van der Waals surface area (Å²) >= 11 is 0. The van der Waals surface area contributed by atoms with Gasteiger partial charge in [-0.1, -0.05) is 36.4 Å². The zero-order valence-corrected chi connectivity index (χ0v) is 17.9. The molecule has 2 fully saturated rings. The lowest BCUT2D eigenvalue weighted by Gasteiger charge is -2.36. The minimum atomic E-state index is -0.263. The maximum Gasteiger partial charge on any atom is 0.229 e. The van der Waals surface area contributed by atoms with Crippen molar-refractivity contribution in [3.8, 4) is 0 Å². The van der Waals surface area contributed by atoms with E-state index in [2.05, 4.69) is 40.5 Å². The molecule has 0 radical (unpaired) electrons. The third-order valence-corrected chi connectivity index (χ3v) is 6.27. The van der Waals surface area contributed by atoms with Crippen LogP contribution >= 0.6 is 0 Å². The molecule has 2 aliphatic heterocycles. The molecule has 1 unspecified atom stereocenters. The smallest absolute Gasteiger partial charge is 0.229 e. The fourth-order valence-corrected chi connectivity index (χ4v) is 4.78. The van der Waals surface area contributed by atoms with Gasteiger partial charge in [0.1, 0.15) is 0 Å². The molecule has 0 spiro atoms. The van der Waals surface area contributed by atoms with Crippen LogP contribution in [0.5, 0.6) is 0 Å². The van der Waals surface area contributed by atoms with E-state index >= 15 is 0 Å². The van der Waals surface area contributed by atoms with Crippen LogP contribution in [0, 0.1) is 19.8 Å². The highest BCUT2D eigenvalue weighted by Gasteiger charge is 2.38. The van der Waals surface area contributed by atoms with Gasteiger partial charge in [-0.15, -0.1) is 0 Å². The molecule has 0 aliphatic carbocycles. The van der Waals surface area contributed by atoms with Crippen LogP contribution in [0.25, 0.3) is 0 Å². The van der Waals surface area contributed by atoms with Gasteiger partial charge in [0.05, 0.1) is 5.92 Å². The number of benzene rings is 2. The highest BCUT2D eigenvalue weighted by molar-refractivity contribution is 5.97. The molecule has 5 heteroatoms. The molecular formula is C25H31N3O2. The number of amides is 2. The van der Waals surface area contributed by atoms with Crippen LogP contribution in [0.2, 0.25) is 0 Å². The van der Waals surface area contributed by atoms with Gasteiger partial charge < -0.3 is 10.2 Å². The molecule has 1 atom stereocenters. The predicted molar refractivity (Wildman–Crippen MR) is 119 cm³/mol. The van der Waals surface area contributed by atoms with Crippen molar-refractivity contribution in [2.45, 2.75) is 45.7 Å². The number of carbonyl (C=O) groups is 2. The van der Waals surface area contributed by atoms with E-state index < -0.39 is 0 Å². The van der Waals surface area contributed by atoms with E-state index in [4.69, 9.17) is 0 Å². The Morgan fingerprint density at radius 1 is 1.03 bits per heavy atom. The number of nitrogens with zero attached hydrogens (tertiary/aromatic N) is 2. The Morgan fingerprint density at radius 2 is 1.70 bits per heavy atom. The van der Waals surface area contributed by atoms with Gasteiger partial charge in [-0.2, -0.15) is 0 Å². The molecule has 2 saturated heterocycles. The van der Waals surface area contributed by atoms with Gasteiger partial charge in [0.2, 0.25) is 11.8 Å². The summed E-state index contributed by atoms with van der Waals surface area (Å²) in [5.41, 5.74) is 4.39. The molecule has 1 N–H and O–H groups in total. The van der Waals surface area contributed by atoms with E-state index in [1.165, 1.54) is 5.56 Å². The largest absolute Gasteiger partial charge is 0.339 e. The molecule has 0 aromatic heterocycles. The van der Waals surface area contributed by atoms with Crippen molar-refractivity contribution < 1.29 is 9.59 Å². The number of aryl methyl sites for hydroxylation is 2. The third kappa shape index (κ3) is 4.90. The number of piperidine rings is 1. The van der Waals surface area contributed by atoms with Gasteiger partial charge in [-0.05, 0) is 55.5 Å². The molecule has 2 amide bonds. The molecule has 158 valence electrons. The molecule has 0 saturated carbocycles. The SMILES string of the molecule is Cc1cc(C)cc(NC(=O)C2CC(=O)N(C3CCN(Cc4ccccc4)CC3)C2)c1. The first kappa shape index (κ1) is 20.6. The summed E-state index contributed by atoms with van der Waals surface area (Å²) in [4.78, 5) is 29.8. The van der Waals surface area contributed by atoms with Crippen molar-refractivity contribution in [2.75, 3.05) is 25.0 Å². The molecule has 5 nitrogen and oxygen atoms in total. The lowest BCUT2D eigenvalue weighted by molar-refractivity contribution is -0.130. The predicted octanol–water partition coefficient (Wildman–Crippen LogP) is 3.76. The normalized spacial score (nSPS) is 20.5. The van der Waals surface area contributed by atoms with E-state index in [1.54, 1.807) is 0 Å². The Hall–Kier alpha value is -2.66. The monoisotopic (exact) mass is 405 g/mol. The van der Waals surface area contributed by atoms with Gasteiger partial charge in [0, 0.05) is 44.3 Å². The van der Waals surface area contributed by atoms with E-state index in [1.807, 2.05) is 36.9 Å². The number of nitrogens with one attached hydrogen (secondary N) is 1. The van der Waals surface area contributed by atoms with Crippen molar-refractivity contribution in [1.29, 1.82) is 0 Å². The second kappa shape index (κ2) is 9.00. The van der Waals surface area contributed by atoms with Gasteiger partial charge in [-0.3, -0.25) is 14.5 Å². The first-order valence-electron chi connectivity index (χ1n) is 10.9. The van der Waals surface area contributed by atoms with E-state index in [0.717, 1.165) is 49.3 Å². The number of likely N-dealkylation sites (tertiary alicyclic amines) is 2. The summed E-state index contributed by atoms with van der Waals surface area (Å²) in [5.74, 6) is -0.185. The van der Waals surface area contributed by atoms with E-state index in [-0.39, 0.29) is 23.8 Å². The van der Waals surface area contributed by atoms with E-state index in [0.29, 0.717) is 13.0 Å². The Labute approximate surface area is 179 Å². The number of hydrogen-bond acceptors (Lipinski definition) is 3. The second-order valence-electron chi connectivity index (χ2n) is 8.81. The number of anilines is 1. The second-order valence-corrected chi connectivity index (χ2v) is 8.81.